The van der Waals surface area contributed by atoms with E-state index in [4.69, 9.17) is 16.3 Å². The lowest BCUT2D eigenvalue weighted by Gasteiger charge is -2.12. The Kier molecular flexibility index (Phi) is 7.47. The summed E-state index contributed by atoms with van der Waals surface area (Å²) in [5.41, 5.74) is 3.13. The maximum atomic E-state index is 12.3. The van der Waals surface area contributed by atoms with Crippen LogP contribution in [0.4, 0.5) is 11.4 Å². The Hall–Kier alpha value is -2.15. The average Bonchev–Trinajstić information content (AvgIpc) is 2.69. The first-order chi connectivity index (χ1) is 13.9. The number of nitrogens with one attached hydrogen (secondary N) is 1. The Morgan fingerprint density at radius 2 is 1.90 bits per heavy atom. The standard InChI is InChI=1S/C22H17Br2ClN2O2/c1-14-7-8-18(11-20(14)25)27-21(28)13-29-22-15(9-16(23)10-19(22)24)12-26-17-5-3-2-4-6-17/h2-12H,13H2,1H3,(H,27,28). The second-order valence-corrected chi connectivity index (χ2v) is 8.38. The summed E-state index contributed by atoms with van der Waals surface area (Å²) in [6.07, 6.45) is 1.71. The normalized spacial score (nSPS) is 10.9. The van der Waals surface area contributed by atoms with Crippen LogP contribution in [0.15, 0.2) is 74.6 Å². The summed E-state index contributed by atoms with van der Waals surface area (Å²) >= 11 is 13.1. The van der Waals surface area contributed by atoms with Gasteiger partial charge >= 0.3 is 0 Å². The number of rotatable bonds is 6. The van der Waals surface area contributed by atoms with Gasteiger partial charge in [-0.3, -0.25) is 9.79 Å². The van der Waals surface area contributed by atoms with Crippen molar-refractivity contribution in [2.75, 3.05) is 11.9 Å². The lowest BCUT2D eigenvalue weighted by atomic mass is 10.2. The number of hydrogen-bond acceptors (Lipinski definition) is 3. The number of anilines is 1. The zero-order valence-corrected chi connectivity index (χ0v) is 19.4. The third-order valence-electron chi connectivity index (χ3n) is 3.95. The largest absolute Gasteiger partial charge is 0.482 e. The minimum atomic E-state index is -0.286. The van der Waals surface area contributed by atoms with Gasteiger partial charge in [0.25, 0.3) is 5.91 Å². The van der Waals surface area contributed by atoms with Gasteiger partial charge in [0.05, 0.1) is 10.2 Å². The van der Waals surface area contributed by atoms with E-state index in [9.17, 15) is 4.79 Å². The molecule has 0 aliphatic carbocycles. The van der Waals surface area contributed by atoms with Gasteiger partial charge in [0.1, 0.15) is 5.75 Å². The van der Waals surface area contributed by atoms with E-state index >= 15 is 0 Å². The third kappa shape index (κ3) is 6.16. The summed E-state index contributed by atoms with van der Waals surface area (Å²) in [5.74, 6) is 0.246. The van der Waals surface area contributed by atoms with Gasteiger partial charge < -0.3 is 10.1 Å². The van der Waals surface area contributed by atoms with Gasteiger partial charge in [0.2, 0.25) is 0 Å². The van der Waals surface area contributed by atoms with Crippen molar-refractivity contribution in [2.24, 2.45) is 4.99 Å². The number of amides is 1. The quantitative estimate of drug-likeness (QED) is 0.347. The Bertz CT molecular complexity index is 1060. The van der Waals surface area contributed by atoms with E-state index in [-0.39, 0.29) is 12.5 Å². The van der Waals surface area contributed by atoms with Gasteiger partial charge in [-0.15, -0.1) is 0 Å². The number of halogens is 3. The molecular weight excluding hydrogens is 520 g/mol. The van der Waals surface area contributed by atoms with Gasteiger partial charge in [0, 0.05) is 27.0 Å². The molecule has 0 atom stereocenters. The van der Waals surface area contributed by atoms with E-state index in [1.165, 1.54) is 0 Å². The monoisotopic (exact) mass is 534 g/mol. The molecule has 0 saturated heterocycles. The van der Waals surface area contributed by atoms with E-state index in [2.05, 4.69) is 42.2 Å². The Labute approximate surface area is 191 Å². The molecule has 148 valence electrons. The second-order valence-electron chi connectivity index (χ2n) is 6.20. The van der Waals surface area contributed by atoms with Crippen LogP contribution in [0.1, 0.15) is 11.1 Å². The third-order valence-corrected chi connectivity index (χ3v) is 5.40. The summed E-state index contributed by atoms with van der Waals surface area (Å²) in [6, 6.07) is 18.7. The maximum absolute atomic E-state index is 12.3. The molecule has 1 amide bonds. The molecule has 7 heteroatoms. The minimum Gasteiger partial charge on any atom is -0.482 e. The molecule has 1 N–H and O–H groups in total. The second kappa shape index (κ2) is 10.1. The number of aliphatic imine (C=N–C) groups is 1. The van der Waals surface area contributed by atoms with E-state index < -0.39 is 0 Å². The lowest BCUT2D eigenvalue weighted by Crippen LogP contribution is -2.20. The number of carbonyl (C=O) groups is 1. The molecule has 0 aliphatic heterocycles. The molecule has 3 aromatic rings. The first-order valence-corrected chi connectivity index (χ1v) is 10.7. The van der Waals surface area contributed by atoms with Crippen molar-refractivity contribution >= 4 is 67.0 Å². The van der Waals surface area contributed by atoms with Crippen LogP contribution in [0.3, 0.4) is 0 Å². The zero-order valence-electron chi connectivity index (χ0n) is 15.5. The number of nitrogens with zero attached hydrogens (tertiary/aromatic N) is 1. The number of carbonyl (C=O) groups excluding carboxylic acids is 1. The Morgan fingerprint density at radius 3 is 2.62 bits per heavy atom. The van der Waals surface area contributed by atoms with Crippen LogP contribution in [0.25, 0.3) is 0 Å². The highest BCUT2D eigenvalue weighted by molar-refractivity contribution is 9.11. The maximum Gasteiger partial charge on any atom is 0.262 e. The van der Waals surface area contributed by atoms with Gasteiger partial charge in [-0.2, -0.15) is 0 Å². The van der Waals surface area contributed by atoms with Crippen molar-refractivity contribution in [3.63, 3.8) is 0 Å². The minimum absolute atomic E-state index is 0.155. The summed E-state index contributed by atoms with van der Waals surface area (Å²) < 4.78 is 7.38. The fraction of sp³-hybridized carbons (Fsp3) is 0.0909. The molecule has 0 radical (unpaired) electrons. The average molecular weight is 537 g/mol. The van der Waals surface area contributed by atoms with Crippen molar-refractivity contribution in [3.8, 4) is 5.75 Å². The highest BCUT2D eigenvalue weighted by atomic mass is 79.9. The molecule has 0 heterocycles. The van der Waals surface area contributed by atoms with Gasteiger partial charge in [0.15, 0.2) is 6.61 Å². The first-order valence-electron chi connectivity index (χ1n) is 8.69. The van der Waals surface area contributed by atoms with Crippen LogP contribution in [0.5, 0.6) is 5.75 Å². The molecule has 4 nitrogen and oxygen atoms in total. The van der Waals surface area contributed by atoms with Gasteiger partial charge in [-0.1, -0.05) is 51.8 Å². The number of para-hydroxylation sites is 1. The van der Waals surface area contributed by atoms with E-state index in [0.717, 1.165) is 21.3 Å². The molecule has 0 fully saturated rings. The van der Waals surface area contributed by atoms with Crippen molar-refractivity contribution < 1.29 is 9.53 Å². The predicted molar refractivity (Wildman–Crippen MR) is 126 cm³/mol. The van der Waals surface area contributed by atoms with Crippen LogP contribution in [0.2, 0.25) is 5.02 Å². The molecule has 0 spiro atoms. The summed E-state index contributed by atoms with van der Waals surface area (Å²) in [5, 5.41) is 3.38. The number of benzene rings is 3. The number of hydrogen-bond donors (Lipinski definition) is 1. The lowest BCUT2D eigenvalue weighted by molar-refractivity contribution is -0.118. The van der Waals surface area contributed by atoms with Crippen molar-refractivity contribution in [3.05, 3.63) is 85.8 Å². The van der Waals surface area contributed by atoms with Gasteiger partial charge in [-0.25, -0.2) is 0 Å². The van der Waals surface area contributed by atoms with Gasteiger partial charge in [-0.05, 0) is 64.8 Å². The molecule has 0 aliphatic rings. The van der Waals surface area contributed by atoms with Crippen LogP contribution in [-0.2, 0) is 4.79 Å². The molecule has 3 aromatic carbocycles. The van der Waals surface area contributed by atoms with E-state index in [0.29, 0.717) is 20.9 Å². The molecule has 3 rings (SSSR count). The molecule has 0 unspecified atom stereocenters. The topological polar surface area (TPSA) is 50.7 Å². The van der Waals surface area contributed by atoms with Crippen LogP contribution in [0, 0.1) is 6.92 Å². The highest BCUT2D eigenvalue weighted by Gasteiger charge is 2.12. The van der Waals surface area contributed by atoms with Crippen molar-refractivity contribution in [2.45, 2.75) is 6.92 Å². The van der Waals surface area contributed by atoms with E-state index in [1.807, 2.05) is 55.5 Å². The fourth-order valence-electron chi connectivity index (χ4n) is 2.49. The predicted octanol–water partition coefficient (Wildman–Crippen LogP) is 6.94. The summed E-state index contributed by atoms with van der Waals surface area (Å²) in [7, 11) is 0. The van der Waals surface area contributed by atoms with Crippen LogP contribution >= 0.6 is 43.5 Å². The molecule has 29 heavy (non-hydrogen) atoms. The number of aryl methyl sites for hydroxylation is 1. The Morgan fingerprint density at radius 1 is 1.14 bits per heavy atom. The molecule has 0 bridgehead atoms. The Balaban J connectivity index is 1.73. The summed E-state index contributed by atoms with van der Waals surface area (Å²) in [4.78, 5) is 16.8. The van der Waals surface area contributed by atoms with E-state index in [1.54, 1.807) is 18.3 Å². The fourth-order valence-corrected chi connectivity index (χ4v) is 4.05. The van der Waals surface area contributed by atoms with Crippen LogP contribution in [-0.4, -0.2) is 18.7 Å². The molecule has 0 aromatic heterocycles. The highest BCUT2D eigenvalue weighted by Crippen LogP contribution is 2.32. The molecule has 0 saturated carbocycles. The smallest absolute Gasteiger partial charge is 0.262 e. The number of ether oxygens (including phenoxy) is 1. The van der Waals surface area contributed by atoms with Crippen LogP contribution < -0.4 is 10.1 Å². The first kappa shape index (κ1) is 21.6. The SMILES string of the molecule is Cc1ccc(NC(=O)COc2c(Br)cc(Br)cc2C=Nc2ccccc2)cc1Cl. The zero-order chi connectivity index (χ0) is 20.8. The van der Waals surface area contributed by atoms with Crippen molar-refractivity contribution in [1.82, 2.24) is 0 Å². The molecular formula is C22H17Br2ClN2O2. The van der Waals surface area contributed by atoms with Crippen molar-refractivity contribution in [1.29, 1.82) is 0 Å². The summed E-state index contributed by atoms with van der Waals surface area (Å²) in [6.45, 7) is 1.75.